The molecule has 0 N–H and O–H groups in total. The number of halogens is 1. The van der Waals surface area contributed by atoms with Crippen molar-refractivity contribution in [2.75, 3.05) is 0 Å². The lowest BCUT2D eigenvalue weighted by molar-refractivity contribution is -0.109. The van der Waals surface area contributed by atoms with Gasteiger partial charge in [-0.3, -0.25) is 9.59 Å². The Labute approximate surface area is 102 Å². The summed E-state index contributed by atoms with van der Waals surface area (Å²) in [6.45, 7) is 0. The van der Waals surface area contributed by atoms with Crippen LogP contribution in [0.25, 0.3) is 17.2 Å². The fraction of sp³-hybridized carbons (Fsp3) is 0. The van der Waals surface area contributed by atoms with Crippen molar-refractivity contribution in [3.8, 4) is 0 Å². The van der Waals surface area contributed by atoms with E-state index in [2.05, 4.69) is 0 Å². The Morgan fingerprint density at radius 3 is 2.59 bits per heavy atom. The standard InChI is InChI=1S/C14H7ClO2/c15-14-11-7-10-8(2-1-3-12(10)16)6-9(11)4-5-13(14)17/h1-7H. The molecular formula is C14H7ClO2. The average molecular weight is 243 g/mol. The van der Waals surface area contributed by atoms with E-state index in [-0.39, 0.29) is 16.6 Å². The zero-order valence-electron chi connectivity index (χ0n) is 8.74. The topological polar surface area (TPSA) is 34.1 Å². The summed E-state index contributed by atoms with van der Waals surface area (Å²) >= 11 is 5.96. The molecule has 0 bridgehead atoms. The van der Waals surface area contributed by atoms with Crippen LogP contribution in [0, 0.1) is 0 Å². The Morgan fingerprint density at radius 2 is 1.76 bits per heavy atom. The van der Waals surface area contributed by atoms with Crippen molar-refractivity contribution in [3.05, 3.63) is 51.9 Å². The summed E-state index contributed by atoms with van der Waals surface area (Å²) in [5.41, 5.74) is 1.46. The lowest BCUT2D eigenvalue weighted by Crippen LogP contribution is -2.26. The molecule has 0 atom stereocenters. The van der Waals surface area contributed by atoms with Crippen LogP contribution in [0.5, 0.6) is 0 Å². The van der Waals surface area contributed by atoms with E-state index >= 15 is 0 Å². The van der Waals surface area contributed by atoms with Gasteiger partial charge in [0.1, 0.15) is 0 Å². The van der Waals surface area contributed by atoms with Crippen LogP contribution in [0.3, 0.4) is 0 Å². The van der Waals surface area contributed by atoms with Crippen LogP contribution < -0.4 is 10.4 Å². The number of hydrogen-bond acceptors (Lipinski definition) is 2. The van der Waals surface area contributed by atoms with Crippen molar-refractivity contribution >= 4 is 40.4 Å². The quantitative estimate of drug-likeness (QED) is 0.684. The SMILES string of the molecule is O=C1C=Cc2cc3c(cc2=C1Cl)C(=O)C=CC=3. The number of benzene rings is 1. The second-order valence-electron chi connectivity index (χ2n) is 3.93. The van der Waals surface area contributed by atoms with Crippen LogP contribution in [0.2, 0.25) is 0 Å². The van der Waals surface area contributed by atoms with Crippen molar-refractivity contribution in [2.24, 2.45) is 0 Å². The van der Waals surface area contributed by atoms with Crippen LogP contribution in [0.15, 0.2) is 30.4 Å². The maximum absolute atomic E-state index is 11.7. The van der Waals surface area contributed by atoms with E-state index in [9.17, 15) is 9.59 Å². The minimum atomic E-state index is -0.220. The second kappa shape index (κ2) is 3.54. The third-order valence-electron chi connectivity index (χ3n) is 2.88. The van der Waals surface area contributed by atoms with Gasteiger partial charge in [0.25, 0.3) is 0 Å². The normalized spacial score (nSPS) is 16.6. The predicted molar refractivity (Wildman–Crippen MR) is 66.9 cm³/mol. The fourth-order valence-electron chi connectivity index (χ4n) is 2.01. The van der Waals surface area contributed by atoms with Gasteiger partial charge in [-0.15, -0.1) is 0 Å². The lowest BCUT2D eigenvalue weighted by atomic mass is 9.96. The van der Waals surface area contributed by atoms with Crippen LogP contribution in [-0.4, -0.2) is 11.6 Å². The van der Waals surface area contributed by atoms with Crippen molar-refractivity contribution in [2.45, 2.75) is 0 Å². The summed E-state index contributed by atoms with van der Waals surface area (Å²) in [5, 5.41) is 1.67. The fourth-order valence-corrected chi connectivity index (χ4v) is 2.24. The van der Waals surface area contributed by atoms with E-state index in [0.29, 0.717) is 10.8 Å². The molecule has 17 heavy (non-hydrogen) atoms. The van der Waals surface area contributed by atoms with Crippen LogP contribution in [0.1, 0.15) is 15.9 Å². The first-order valence-electron chi connectivity index (χ1n) is 5.16. The first-order valence-corrected chi connectivity index (χ1v) is 5.53. The minimum absolute atomic E-state index is 0.0585. The smallest absolute Gasteiger partial charge is 0.197 e. The van der Waals surface area contributed by atoms with Gasteiger partial charge in [-0.05, 0) is 35.1 Å². The Bertz CT molecular complexity index is 736. The van der Waals surface area contributed by atoms with Gasteiger partial charge in [0.2, 0.25) is 0 Å². The number of ketones is 2. The summed E-state index contributed by atoms with van der Waals surface area (Å²) in [5.74, 6) is -0.279. The summed E-state index contributed by atoms with van der Waals surface area (Å²) in [7, 11) is 0. The molecule has 0 saturated carbocycles. The zero-order chi connectivity index (χ0) is 12.0. The Morgan fingerprint density at radius 1 is 0.941 bits per heavy atom. The van der Waals surface area contributed by atoms with Crippen molar-refractivity contribution in [1.29, 1.82) is 0 Å². The monoisotopic (exact) mass is 242 g/mol. The molecule has 0 unspecified atom stereocenters. The van der Waals surface area contributed by atoms with Gasteiger partial charge in [0.05, 0.1) is 5.03 Å². The first kappa shape index (κ1) is 10.2. The Balaban J connectivity index is 2.46. The predicted octanol–water partition coefficient (Wildman–Crippen LogP) is 1.16. The summed E-state index contributed by atoms with van der Waals surface area (Å²) < 4.78 is 0. The number of hydrogen-bond donors (Lipinski definition) is 0. The van der Waals surface area contributed by atoms with Gasteiger partial charge in [-0.25, -0.2) is 0 Å². The molecular weight excluding hydrogens is 236 g/mol. The zero-order valence-corrected chi connectivity index (χ0v) is 9.49. The van der Waals surface area contributed by atoms with Gasteiger partial charge in [-0.1, -0.05) is 29.8 Å². The van der Waals surface area contributed by atoms with E-state index in [1.165, 1.54) is 12.2 Å². The van der Waals surface area contributed by atoms with E-state index < -0.39 is 0 Å². The molecule has 82 valence electrons. The molecule has 0 aromatic heterocycles. The van der Waals surface area contributed by atoms with Crippen LogP contribution >= 0.6 is 11.6 Å². The highest BCUT2D eigenvalue weighted by molar-refractivity contribution is 6.63. The van der Waals surface area contributed by atoms with Crippen molar-refractivity contribution in [1.82, 2.24) is 0 Å². The molecule has 1 aromatic rings. The third kappa shape index (κ3) is 1.49. The second-order valence-corrected chi connectivity index (χ2v) is 4.31. The molecule has 0 heterocycles. The molecule has 2 aliphatic carbocycles. The maximum atomic E-state index is 11.7. The van der Waals surface area contributed by atoms with Gasteiger partial charge in [0, 0.05) is 10.8 Å². The molecule has 0 spiro atoms. The van der Waals surface area contributed by atoms with Gasteiger partial charge in [-0.2, -0.15) is 0 Å². The summed E-state index contributed by atoms with van der Waals surface area (Å²) in [4.78, 5) is 23.1. The third-order valence-corrected chi connectivity index (χ3v) is 3.27. The van der Waals surface area contributed by atoms with E-state index in [1.807, 2.05) is 12.1 Å². The number of carbonyl (C=O) groups excluding carboxylic acids is 2. The molecule has 1 aromatic carbocycles. The highest BCUT2D eigenvalue weighted by Crippen LogP contribution is 2.12. The molecule has 2 aliphatic rings. The van der Waals surface area contributed by atoms with Crippen molar-refractivity contribution < 1.29 is 9.59 Å². The Kier molecular flexibility index (Phi) is 2.13. The first-order chi connectivity index (χ1) is 8.16. The maximum Gasteiger partial charge on any atom is 0.197 e. The van der Waals surface area contributed by atoms with Crippen LogP contribution in [-0.2, 0) is 4.79 Å². The molecule has 0 fully saturated rings. The van der Waals surface area contributed by atoms with E-state index in [4.69, 9.17) is 11.6 Å². The summed E-state index contributed by atoms with van der Waals surface area (Å²) in [6, 6.07) is 3.56. The van der Waals surface area contributed by atoms with Crippen molar-refractivity contribution in [3.63, 3.8) is 0 Å². The van der Waals surface area contributed by atoms with E-state index in [1.54, 1.807) is 18.2 Å². The highest BCUT2D eigenvalue weighted by atomic mass is 35.5. The van der Waals surface area contributed by atoms with E-state index in [0.717, 1.165) is 10.8 Å². The molecule has 3 heteroatoms. The number of allylic oxidation sites excluding steroid dienone is 3. The average Bonchev–Trinajstić information content (AvgIpc) is 2.33. The number of rotatable bonds is 0. The van der Waals surface area contributed by atoms with Gasteiger partial charge >= 0.3 is 0 Å². The number of fused-ring (bicyclic) bond motifs is 2. The summed E-state index contributed by atoms with van der Waals surface area (Å²) in [6.07, 6.45) is 8.26. The molecule has 3 rings (SSSR count). The lowest BCUT2D eigenvalue weighted by Gasteiger charge is -2.09. The minimum Gasteiger partial charge on any atom is -0.289 e. The molecule has 0 aliphatic heterocycles. The molecule has 0 radical (unpaired) electrons. The van der Waals surface area contributed by atoms with Gasteiger partial charge in [0.15, 0.2) is 11.6 Å². The Hall–Kier alpha value is -1.93. The molecule has 0 amide bonds. The number of carbonyl (C=O) groups is 2. The molecule has 2 nitrogen and oxygen atoms in total. The van der Waals surface area contributed by atoms with Crippen LogP contribution in [0.4, 0.5) is 0 Å². The largest absolute Gasteiger partial charge is 0.289 e. The van der Waals surface area contributed by atoms with Gasteiger partial charge < -0.3 is 0 Å². The molecule has 0 saturated heterocycles. The highest BCUT2D eigenvalue weighted by Gasteiger charge is 2.15.